The molecular weight excluding hydrogens is 300 g/mol. The second kappa shape index (κ2) is 5.31. The van der Waals surface area contributed by atoms with E-state index in [4.69, 9.17) is 11.6 Å². The number of hydrogen-bond donors (Lipinski definition) is 1. The highest BCUT2D eigenvalue weighted by atomic mass is 35.5. The molecule has 0 aromatic carbocycles. The summed E-state index contributed by atoms with van der Waals surface area (Å²) in [6, 6.07) is 1.84. The van der Waals surface area contributed by atoms with Crippen LogP contribution in [0.3, 0.4) is 0 Å². The van der Waals surface area contributed by atoms with E-state index < -0.39 is 15.6 Å². The number of sulfonamides is 1. The van der Waals surface area contributed by atoms with Gasteiger partial charge in [0.15, 0.2) is 0 Å². The molecule has 0 saturated heterocycles. The van der Waals surface area contributed by atoms with Gasteiger partial charge in [0, 0.05) is 18.3 Å². The monoisotopic (exact) mass is 316 g/mol. The Bertz CT molecular complexity index is 724. The highest BCUT2D eigenvalue weighted by molar-refractivity contribution is 7.88. The molecule has 110 valence electrons. The van der Waals surface area contributed by atoms with Crippen molar-refractivity contribution in [1.29, 1.82) is 0 Å². The fourth-order valence-corrected chi connectivity index (χ4v) is 3.51. The molecule has 0 aliphatic carbocycles. The van der Waals surface area contributed by atoms with Crippen LogP contribution in [-0.4, -0.2) is 34.7 Å². The summed E-state index contributed by atoms with van der Waals surface area (Å²) in [6.07, 6.45) is 4.49. The molecule has 2 rings (SSSR count). The third kappa shape index (κ3) is 3.47. The van der Waals surface area contributed by atoms with Crippen LogP contribution in [0.15, 0.2) is 18.5 Å². The van der Waals surface area contributed by atoms with Crippen molar-refractivity contribution in [2.45, 2.75) is 31.8 Å². The van der Waals surface area contributed by atoms with Crippen molar-refractivity contribution in [3.8, 4) is 0 Å². The smallest absolute Gasteiger partial charge is 0.209 e. The van der Waals surface area contributed by atoms with Crippen molar-refractivity contribution < 1.29 is 8.42 Å². The molecule has 2 aromatic heterocycles. The van der Waals surface area contributed by atoms with Crippen LogP contribution in [0.4, 0.5) is 0 Å². The Balaban J connectivity index is 2.42. The first-order valence-electron chi connectivity index (χ1n) is 6.06. The average molecular weight is 317 g/mol. The zero-order chi connectivity index (χ0) is 15.0. The van der Waals surface area contributed by atoms with Crippen LogP contribution in [-0.2, 0) is 22.4 Å². The first-order chi connectivity index (χ1) is 9.22. The van der Waals surface area contributed by atoms with Gasteiger partial charge in [0.05, 0.1) is 23.8 Å². The molecule has 2 aromatic rings. The Morgan fingerprint density at radius 2 is 2.15 bits per heavy atom. The van der Waals surface area contributed by atoms with E-state index in [1.54, 1.807) is 12.4 Å². The van der Waals surface area contributed by atoms with Gasteiger partial charge in [-0.1, -0.05) is 0 Å². The van der Waals surface area contributed by atoms with Gasteiger partial charge in [-0.15, -0.1) is 11.6 Å². The van der Waals surface area contributed by atoms with Gasteiger partial charge in [-0.2, -0.15) is 0 Å². The van der Waals surface area contributed by atoms with E-state index in [0.717, 1.165) is 17.3 Å². The molecule has 8 heteroatoms. The number of imidazole rings is 1. The van der Waals surface area contributed by atoms with Crippen molar-refractivity contribution >= 4 is 32.7 Å². The van der Waals surface area contributed by atoms with Gasteiger partial charge < -0.3 is 4.57 Å². The Morgan fingerprint density at radius 3 is 2.75 bits per heavy atom. The van der Waals surface area contributed by atoms with Crippen molar-refractivity contribution in [2.24, 2.45) is 0 Å². The van der Waals surface area contributed by atoms with E-state index in [1.165, 1.54) is 0 Å². The van der Waals surface area contributed by atoms with Crippen molar-refractivity contribution in [3.05, 3.63) is 24.3 Å². The SMILES string of the molecule is CC(C)(Cn1c(CCl)nc2cnccc21)NS(C)(=O)=O. The maximum Gasteiger partial charge on any atom is 0.209 e. The molecular formula is C12H17ClN4O2S. The van der Waals surface area contributed by atoms with Gasteiger partial charge in [0.25, 0.3) is 0 Å². The number of alkyl halides is 1. The molecule has 0 saturated carbocycles. The Kier molecular flexibility index (Phi) is 4.04. The molecule has 0 amide bonds. The van der Waals surface area contributed by atoms with Gasteiger partial charge in [0.2, 0.25) is 10.0 Å². The first kappa shape index (κ1) is 15.2. The normalized spacial score (nSPS) is 13.0. The number of nitrogens with one attached hydrogen (secondary N) is 1. The predicted octanol–water partition coefficient (Wildman–Crippen LogP) is 1.50. The number of pyridine rings is 1. The Hall–Kier alpha value is -1.18. The minimum absolute atomic E-state index is 0.254. The number of nitrogens with zero attached hydrogens (tertiary/aromatic N) is 3. The third-order valence-electron chi connectivity index (χ3n) is 2.76. The summed E-state index contributed by atoms with van der Waals surface area (Å²) in [5, 5.41) is 0. The summed E-state index contributed by atoms with van der Waals surface area (Å²) in [6.45, 7) is 4.07. The summed E-state index contributed by atoms with van der Waals surface area (Å²) in [4.78, 5) is 8.43. The van der Waals surface area contributed by atoms with Crippen LogP contribution in [0.5, 0.6) is 0 Å². The van der Waals surface area contributed by atoms with Gasteiger partial charge in [-0.25, -0.2) is 18.1 Å². The first-order valence-corrected chi connectivity index (χ1v) is 8.48. The quantitative estimate of drug-likeness (QED) is 0.848. The highest BCUT2D eigenvalue weighted by Gasteiger charge is 2.25. The standard InChI is InChI=1S/C12H17ClN4O2S/c1-12(2,16-20(3,18)19)8-17-10-4-5-14-7-9(10)15-11(17)6-13/h4-5,7,16H,6,8H2,1-3H3. The summed E-state index contributed by atoms with van der Waals surface area (Å²) in [5.74, 6) is 0.946. The Morgan fingerprint density at radius 1 is 1.45 bits per heavy atom. The van der Waals surface area contributed by atoms with Crippen LogP contribution in [0.2, 0.25) is 0 Å². The lowest BCUT2D eigenvalue weighted by molar-refractivity contribution is 0.392. The molecule has 0 unspecified atom stereocenters. The summed E-state index contributed by atoms with van der Waals surface area (Å²) in [7, 11) is -3.29. The molecule has 2 heterocycles. The van der Waals surface area contributed by atoms with Crippen LogP contribution in [0.25, 0.3) is 11.0 Å². The maximum atomic E-state index is 11.4. The zero-order valence-corrected chi connectivity index (χ0v) is 13.2. The molecule has 0 bridgehead atoms. The minimum atomic E-state index is -3.29. The summed E-state index contributed by atoms with van der Waals surface area (Å²) in [5.41, 5.74) is 0.989. The number of halogens is 1. The second-order valence-electron chi connectivity index (χ2n) is 5.37. The average Bonchev–Trinajstić information content (AvgIpc) is 2.64. The van der Waals surface area contributed by atoms with Gasteiger partial charge in [0.1, 0.15) is 11.3 Å². The third-order valence-corrected chi connectivity index (χ3v) is 3.93. The molecule has 0 atom stereocenters. The molecule has 0 spiro atoms. The van der Waals surface area contributed by atoms with Crippen molar-refractivity contribution in [1.82, 2.24) is 19.3 Å². The van der Waals surface area contributed by atoms with Gasteiger partial charge in [-0.3, -0.25) is 4.98 Å². The number of aromatic nitrogens is 3. The molecule has 0 aliphatic heterocycles. The van der Waals surface area contributed by atoms with Gasteiger partial charge in [-0.05, 0) is 19.9 Å². The van der Waals surface area contributed by atoms with Crippen molar-refractivity contribution in [2.75, 3.05) is 6.26 Å². The van der Waals surface area contributed by atoms with Crippen LogP contribution < -0.4 is 4.72 Å². The van der Waals surface area contributed by atoms with Gasteiger partial charge >= 0.3 is 0 Å². The molecule has 0 radical (unpaired) electrons. The lowest BCUT2D eigenvalue weighted by Crippen LogP contribution is -2.46. The number of fused-ring (bicyclic) bond motifs is 1. The zero-order valence-electron chi connectivity index (χ0n) is 11.6. The minimum Gasteiger partial charge on any atom is -0.325 e. The molecule has 1 N–H and O–H groups in total. The maximum absolute atomic E-state index is 11.4. The molecule has 0 aliphatic rings. The van der Waals surface area contributed by atoms with Crippen LogP contribution in [0.1, 0.15) is 19.7 Å². The van der Waals surface area contributed by atoms with Crippen LogP contribution >= 0.6 is 11.6 Å². The second-order valence-corrected chi connectivity index (χ2v) is 7.39. The predicted molar refractivity (Wildman–Crippen MR) is 79.1 cm³/mol. The van der Waals surface area contributed by atoms with Crippen LogP contribution in [0, 0.1) is 0 Å². The summed E-state index contributed by atoms with van der Waals surface area (Å²) >= 11 is 5.92. The summed E-state index contributed by atoms with van der Waals surface area (Å²) < 4.78 is 27.4. The lowest BCUT2D eigenvalue weighted by Gasteiger charge is -2.26. The van der Waals surface area contributed by atoms with Crippen molar-refractivity contribution in [3.63, 3.8) is 0 Å². The van der Waals surface area contributed by atoms with E-state index in [2.05, 4.69) is 14.7 Å². The highest BCUT2D eigenvalue weighted by Crippen LogP contribution is 2.20. The van der Waals surface area contributed by atoms with E-state index in [9.17, 15) is 8.42 Å². The number of hydrogen-bond acceptors (Lipinski definition) is 4. The molecule has 0 fully saturated rings. The largest absolute Gasteiger partial charge is 0.325 e. The fraction of sp³-hybridized carbons (Fsp3) is 0.500. The lowest BCUT2D eigenvalue weighted by atomic mass is 10.1. The van der Waals surface area contributed by atoms with E-state index >= 15 is 0 Å². The van der Waals surface area contributed by atoms with E-state index in [1.807, 2.05) is 24.5 Å². The Labute approximate surface area is 123 Å². The van der Waals surface area contributed by atoms with E-state index in [0.29, 0.717) is 12.4 Å². The number of rotatable bonds is 5. The fourth-order valence-electron chi connectivity index (χ4n) is 2.24. The molecule has 20 heavy (non-hydrogen) atoms. The van der Waals surface area contributed by atoms with E-state index in [-0.39, 0.29) is 5.88 Å². The molecule has 6 nitrogen and oxygen atoms in total. The topological polar surface area (TPSA) is 76.9 Å².